The molecule has 3 aromatic rings. The first-order valence-corrected chi connectivity index (χ1v) is 12.0. The highest BCUT2D eigenvalue weighted by Gasteiger charge is 2.26. The second kappa shape index (κ2) is 11.6. The highest BCUT2D eigenvalue weighted by atomic mass is 35.5. The number of anilines is 1. The molecule has 0 radical (unpaired) electrons. The second-order valence-electron chi connectivity index (χ2n) is 8.31. The topological polar surface area (TPSA) is 85.7 Å². The van der Waals surface area contributed by atoms with Crippen LogP contribution in [0.4, 0.5) is 5.69 Å². The van der Waals surface area contributed by atoms with E-state index in [1.165, 1.54) is 6.92 Å². The maximum atomic E-state index is 13.4. The van der Waals surface area contributed by atoms with Crippen molar-refractivity contribution in [3.05, 3.63) is 95.3 Å². The van der Waals surface area contributed by atoms with Crippen LogP contribution in [0.3, 0.4) is 0 Å². The minimum atomic E-state index is -0.489. The number of hydrogen-bond acceptors (Lipinski definition) is 5. The Morgan fingerprint density at radius 2 is 1.44 bits per heavy atom. The number of carbonyl (C=O) groups is 2. The van der Waals surface area contributed by atoms with Gasteiger partial charge in [0.2, 0.25) is 11.7 Å². The van der Waals surface area contributed by atoms with Gasteiger partial charge in [-0.05, 0) is 47.5 Å². The average Bonchev–Trinajstić information content (AvgIpc) is 2.91. The van der Waals surface area contributed by atoms with Gasteiger partial charge in [0.15, 0.2) is 0 Å². The van der Waals surface area contributed by atoms with Gasteiger partial charge >= 0.3 is 0 Å². The summed E-state index contributed by atoms with van der Waals surface area (Å²) in [5, 5.41) is 11.5. The number of piperazine rings is 1. The molecule has 36 heavy (non-hydrogen) atoms. The summed E-state index contributed by atoms with van der Waals surface area (Å²) in [6.45, 7) is 3.52. The van der Waals surface area contributed by atoms with Crippen molar-refractivity contribution in [3.8, 4) is 16.9 Å². The van der Waals surface area contributed by atoms with Crippen LogP contribution in [0.1, 0.15) is 6.92 Å². The molecule has 1 saturated heterocycles. The van der Waals surface area contributed by atoms with E-state index in [9.17, 15) is 9.59 Å². The predicted octanol–water partition coefficient (Wildman–Crippen LogP) is 5.05. The standard InChI is InChI=1S/C28H27ClN4O3/c1-20(34)32-15-17-33(18-16-32)26(19-30)27(28(35)31-24-11-9-23(29)10-12-24)36-25-13-7-22(8-14-25)21-5-3-2-4-6-21/h2-14,19,30H,15-18H2,1H3,(H,31,35)/b27-26-,30-19?. The van der Waals surface area contributed by atoms with Crippen molar-refractivity contribution in [2.45, 2.75) is 6.92 Å². The van der Waals surface area contributed by atoms with E-state index in [1.807, 2.05) is 47.4 Å². The molecule has 1 aliphatic rings. The normalized spacial score (nSPS) is 14.1. The van der Waals surface area contributed by atoms with E-state index in [0.717, 1.165) is 17.3 Å². The van der Waals surface area contributed by atoms with Crippen molar-refractivity contribution < 1.29 is 14.3 Å². The SMILES string of the molecule is CC(=O)N1CCN(/C(C=N)=C(\Oc2ccc(-c3ccccc3)cc2)C(=O)Nc2ccc(Cl)cc2)CC1. The van der Waals surface area contributed by atoms with Crippen molar-refractivity contribution in [2.75, 3.05) is 31.5 Å². The number of carbonyl (C=O) groups excluding carboxylic acids is 2. The molecule has 1 fully saturated rings. The van der Waals surface area contributed by atoms with Gasteiger partial charge < -0.3 is 25.3 Å². The van der Waals surface area contributed by atoms with Crippen LogP contribution in [-0.4, -0.2) is 54.0 Å². The van der Waals surface area contributed by atoms with Crippen LogP contribution >= 0.6 is 11.6 Å². The summed E-state index contributed by atoms with van der Waals surface area (Å²) in [7, 11) is 0. The molecule has 0 atom stereocenters. The fourth-order valence-electron chi connectivity index (χ4n) is 3.96. The monoisotopic (exact) mass is 502 g/mol. The van der Waals surface area contributed by atoms with Gasteiger partial charge in [-0.3, -0.25) is 9.59 Å². The predicted molar refractivity (Wildman–Crippen MR) is 142 cm³/mol. The molecular weight excluding hydrogens is 476 g/mol. The minimum absolute atomic E-state index is 0.00341. The molecule has 0 spiro atoms. The average molecular weight is 503 g/mol. The Bertz CT molecular complexity index is 1250. The third kappa shape index (κ3) is 6.12. The fraction of sp³-hybridized carbons (Fsp3) is 0.179. The Kier molecular flexibility index (Phi) is 8.02. The number of amides is 2. The lowest BCUT2D eigenvalue weighted by Gasteiger charge is -2.36. The van der Waals surface area contributed by atoms with Crippen molar-refractivity contribution in [2.24, 2.45) is 0 Å². The molecule has 0 aromatic heterocycles. The first kappa shape index (κ1) is 25.0. The molecule has 184 valence electrons. The summed E-state index contributed by atoms with van der Waals surface area (Å²) in [5.74, 6) is -0.0104. The van der Waals surface area contributed by atoms with Gasteiger partial charge in [-0.15, -0.1) is 0 Å². The van der Waals surface area contributed by atoms with E-state index in [2.05, 4.69) is 5.32 Å². The van der Waals surface area contributed by atoms with Crippen molar-refractivity contribution in [3.63, 3.8) is 0 Å². The Labute approximate surface area is 215 Å². The van der Waals surface area contributed by atoms with Gasteiger partial charge in [0.1, 0.15) is 11.4 Å². The zero-order valence-electron chi connectivity index (χ0n) is 19.9. The first-order chi connectivity index (χ1) is 17.4. The van der Waals surface area contributed by atoms with E-state index in [1.54, 1.807) is 41.3 Å². The molecule has 4 rings (SSSR count). The molecule has 2 amide bonds. The number of nitrogens with zero attached hydrogens (tertiary/aromatic N) is 2. The minimum Gasteiger partial charge on any atom is -0.449 e. The summed E-state index contributed by atoms with van der Waals surface area (Å²) in [5.41, 5.74) is 2.99. The molecule has 1 heterocycles. The van der Waals surface area contributed by atoms with Crippen LogP contribution in [0.25, 0.3) is 11.1 Å². The molecule has 0 aliphatic carbocycles. The van der Waals surface area contributed by atoms with E-state index in [0.29, 0.717) is 48.3 Å². The van der Waals surface area contributed by atoms with Crippen LogP contribution < -0.4 is 10.1 Å². The van der Waals surface area contributed by atoms with Crippen LogP contribution in [0, 0.1) is 5.41 Å². The molecule has 0 saturated carbocycles. The maximum Gasteiger partial charge on any atom is 0.293 e. The quantitative estimate of drug-likeness (QED) is 0.269. The van der Waals surface area contributed by atoms with Crippen molar-refractivity contribution in [1.29, 1.82) is 5.41 Å². The van der Waals surface area contributed by atoms with E-state index >= 15 is 0 Å². The van der Waals surface area contributed by atoms with Crippen LogP contribution in [0.15, 0.2) is 90.3 Å². The number of nitrogens with one attached hydrogen (secondary N) is 2. The van der Waals surface area contributed by atoms with E-state index in [-0.39, 0.29) is 11.7 Å². The molecular formula is C28H27ClN4O3. The summed E-state index contributed by atoms with van der Waals surface area (Å²) >= 11 is 5.97. The van der Waals surface area contributed by atoms with Crippen molar-refractivity contribution in [1.82, 2.24) is 9.80 Å². The van der Waals surface area contributed by atoms with Gasteiger partial charge in [0.05, 0.1) is 0 Å². The molecule has 1 aliphatic heterocycles. The number of rotatable bonds is 7. The highest BCUT2D eigenvalue weighted by Crippen LogP contribution is 2.25. The fourth-order valence-corrected chi connectivity index (χ4v) is 4.09. The molecule has 2 N–H and O–H groups in total. The van der Waals surface area contributed by atoms with Gasteiger partial charge in [-0.25, -0.2) is 0 Å². The van der Waals surface area contributed by atoms with Gasteiger partial charge in [-0.1, -0.05) is 54.1 Å². The number of hydrogen-bond donors (Lipinski definition) is 2. The lowest BCUT2D eigenvalue weighted by Crippen LogP contribution is -2.48. The Morgan fingerprint density at radius 3 is 2.03 bits per heavy atom. The summed E-state index contributed by atoms with van der Waals surface area (Å²) in [6, 6.07) is 24.2. The Balaban J connectivity index is 1.62. The molecule has 7 nitrogen and oxygen atoms in total. The Hall–Kier alpha value is -4.10. The molecule has 8 heteroatoms. The van der Waals surface area contributed by atoms with Crippen LogP contribution in [-0.2, 0) is 9.59 Å². The zero-order valence-corrected chi connectivity index (χ0v) is 20.7. The first-order valence-electron chi connectivity index (χ1n) is 11.6. The lowest BCUT2D eigenvalue weighted by molar-refractivity contribution is -0.130. The summed E-state index contributed by atoms with van der Waals surface area (Å²) < 4.78 is 6.11. The zero-order chi connectivity index (χ0) is 25.5. The maximum absolute atomic E-state index is 13.4. The van der Waals surface area contributed by atoms with Gasteiger partial charge in [-0.2, -0.15) is 0 Å². The number of ether oxygens (including phenoxy) is 1. The van der Waals surface area contributed by atoms with E-state index < -0.39 is 5.91 Å². The van der Waals surface area contributed by atoms with Gasteiger partial charge in [0.25, 0.3) is 5.91 Å². The number of halogens is 1. The largest absolute Gasteiger partial charge is 0.449 e. The van der Waals surface area contributed by atoms with Crippen LogP contribution in [0.5, 0.6) is 5.75 Å². The highest BCUT2D eigenvalue weighted by molar-refractivity contribution is 6.30. The smallest absolute Gasteiger partial charge is 0.293 e. The third-order valence-electron chi connectivity index (χ3n) is 5.92. The Morgan fingerprint density at radius 1 is 0.861 bits per heavy atom. The molecule has 0 bridgehead atoms. The lowest BCUT2D eigenvalue weighted by atomic mass is 10.1. The second-order valence-corrected chi connectivity index (χ2v) is 8.74. The van der Waals surface area contributed by atoms with E-state index in [4.69, 9.17) is 21.7 Å². The van der Waals surface area contributed by atoms with Gasteiger partial charge in [0, 0.05) is 50.0 Å². The molecule has 3 aromatic carbocycles. The third-order valence-corrected chi connectivity index (χ3v) is 6.18. The number of allylic oxidation sites excluding steroid dienone is 1. The van der Waals surface area contributed by atoms with Crippen molar-refractivity contribution >= 4 is 35.3 Å². The molecule has 0 unspecified atom stereocenters. The van der Waals surface area contributed by atoms with Crippen LogP contribution in [0.2, 0.25) is 5.02 Å². The summed E-state index contributed by atoms with van der Waals surface area (Å²) in [6.07, 6.45) is 1.12. The number of benzene rings is 3. The summed E-state index contributed by atoms with van der Waals surface area (Å²) in [4.78, 5) is 28.8.